The summed E-state index contributed by atoms with van der Waals surface area (Å²) in [7, 11) is 1.62. The largest absolute Gasteiger partial charge is 0.385 e. The summed E-state index contributed by atoms with van der Waals surface area (Å²) in [6.07, 6.45) is 1.82. The predicted molar refractivity (Wildman–Crippen MR) is 67.2 cm³/mol. The highest BCUT2D eigenvalue weighted by atomic mass is 16.5. The van der Waals surface area contributed by atoms with Crippen LogP contribution in [-0.4, -0.2) is 43.0 Å². The quantitative estimate of drug-likeness (QED) is 0.752. The molecule has 0 atom stereocenters. The van der Waals surface area contributed by atoms with Crippen molar-refractivity contribution in [2.45, 2.75) is 33.1 Å². The molecule has 1 saturated carbocycles. The van der Waals surface area contributed by atoms with Gasteiger partial charge in [0, 0.05) is 20.3 Å². The van der Waals surface area contributed by atoms with E-state index in [2.05, 4.69) is 5.32 Å². The van der Waals surface area contributed by atoms with Gasteiger partial charge in [-0.15, -0.1) is 0 Å². The van der Waals surface area contributed by atoms with Gasteiger partial charge in [0.2, 0.25) is 11.8 Å². The molecule has 2 aliphatic rings. The Hall–Kier alpha value is -1.43. The van der Waals surface area contributed by atoms with Gasteiger partial charge < -0.3 is 4.74 Å². The zero-order valence-corrected chi connectivity index (χ0v) is 11.6. The van der Waals surface area contributed by atoms with Crippen molar-refractivity contribution in [2.75, 3.05) is 20.3 Å². The molecule has 19 heavy (non-hydrogen) atoms. The Labute approximate surface area is 112 Å². The first-order valence-corrected chi connectivity index (χ1v) is 6.49. The van der Waals surface area contributed by atoms with Crippen molar-refractivity contribution in [3.8, 4) is 0 Å². The molecule has 6 nitrogen and oxygen atoms in total. The smallest absolute Gasteiger partial charge is 0.330 e. The number of ether oxygens (including phenoxy) is 1. The van der Waals surface area contributed by atoms with Crippen LogP contribution in [0.4, 0.5) is 4.79 Å². The molecule has 1 saturated heterocycles. The van der Waals surface area contributed by atoms with Gasteiger partial charge in [0.1, 0.15) is 5.41 Å². The minimum atomic E-state index is -0.953. The van der Waals surface area contributed by atoms with Crippen molar-refractivity contribution in [2.24, 2.45) is 10.8 Å². The van der Waals surface area contributed by atoms with Crippen LogP contribution in [0.2, 0.25) is 0 Å². The van der Waals surface area contributed by atoms with Crippen LogP contribution in [0.15, 0.2) is 0 Å². The van der Waals surface area contributed by atoms with E-state index in [1.807, 2.05) is 13.8 Å². The van der Waals surface area contributed by atoms with Crippen LogP contribution in [0.3, 0.4) is 0 Å². The van der Waals surface area contributed by atoms with Crippen LogP contribution in [0.5, 0.6) is 0 Å². The maximum atomic E-state index is 12.3. The van der Waals surface area contributed by atoms with Crippen molar-refractivity contribution < 1.29 is 19.1 Å². The molecule has 106 valence electrons. The first-order chi connectivity index (χ1) is 8.82. The van der Waals surface area contributed by atoms with Crippen molar-refractivity contribution in [3.63, 3.8) is 0 Å². The summed E-state index contributed by atoms with van der Waals surface area (Å²) in [6, 6.07) is -0.599. The van der Waals surface area contributed by atoms with Crippen LogP contribution in [0.25, 0.3) is 0 Å². The van der Waals surface area contributed by atoms with Gasteiger partial charge in [0.15, 0.2) is 0 Å². The summed E-state index contributed by atoms with van der Waals surface area (Å²) in [6.45, 7) is 4.82. The van der Waals surface area contributed by atoms with Gasteiger partial charge in [-0.3, -0.25) is 19.8 Å². The van der Waals surface area contributed by atoms with Crippen LogP contribution in [0, 0.1) is 10.8 Å². The summed E-state index contributed by atoms with van der Waals surface area (Å²) in [5, 5.41) is 2.29. The highest BCUT2D eigenvalue weighted by Gasteiger charge is 2.62. The van der Waals surface area contributed by atoms with Crippen LogP contribution >= 0.6 is 0 Å². The highest BCUT2D eigenvalue weighted by Crippen LogP contribution is 2.49. The Kier molecular flexibility index (Phi) is 3.38. The van der Waals surface area contributed by atoms with Gasteiger partial charge in [-0.05, 0) is 24.7 Å². The third-order valence-electron chi connectivity index (χ3n) is 3.87. The third kappa shape index (κ3) is 2.49. The average Bonchev–Trinajstić information content (AvgIpc) is 3.12. The highest BCUT2D eigenvalue weighted by molar-refractivity contribution is 6.20. The van der Waals surface area contributed by atoms with E-state index in [1.54, 1.807) is 7.11 Å². The fraction of sp³-hybridized carbons (Fsp3) is 0.769. The number of nitrogens with zero attached hydrogens (tertiary/aromatic N) is 1. The Morgan fingerprint density at radius 1 is 1.32 bits per heavy atom. The summed E-state index contributed by atoms with van der Waals surface area (Å²) in [5.74, 6) is -0.778. The van der Waals surface area contributed by atoms with Crippen LogP contribution < -0.4 is 5.32 Å². The molecule has 6 heteroatoms. The molecule has 1 heterocycles. The Morgan fingerprint density at radius 3 is 2.47 bits per heavy atom. The second-order valence-electron chi connectivity index (χ2n) is 6.14. The van der Waals surface area contributed by atoms with Gasteiger partial charge in [0.25, 0.3) is 0 Å². The molecule has 0 unspecified atom stereocenters. The van der Waals surface area contributed by atoms with E-state index in [-0.39, 0.29) is 11.3 Å². The summed E-state index contributed by atoms with van der Waals surface area (Å²) in [4.78, 5) is 37.0. The fourth-order valence-electron chi connectivity index (χ4n) is 2.33. The zero-order chi connectivity index (χ0) is 14.3. The number of amides is 4. The number of methoxy groups -OCH3 is 1. The number of hydrogen-bond acceptors (Lipinski definition) is 4. The molecule has 1 aliphatic carbocycles. The van der Waals surface area contributed by atoms with E-state index >= 15 is 0 Å². The minimum absolute atomic E-state index is 0.237. The first-order valence-electron chi connectivity index (χ1n) is 6.49. The van der Waals surface area contributed by atoms with Gasteiger partial charge in [-0.25, -0.2) is 4.79 Å². The molecule has 1 aliphatic heterocycles. The molecule has 0 radical (unpaired) electrons. The monoisotopic (exact) mass is 268 g/mol. The van der Waals surface area contributed by atoms with Gasteiger partial charge in [-0.2, -0.15) is 0 Å². The normalized spacial score (nSPS) is 21.8. The lowest BCUT2D eigenvalue weighted by Gasteiger charge is -2.36. The van der Waals surface area contributed by atoms with Crippen molar-refractivity contribution >= 4 is 17.8 Å². The van der Waals surface area contributed by atoms with Crippen LogP contribution in [-0.2, 0) is 14.3 Å². The summed E-state index contributed by atoms with van der Waals surface area (Å²) in [5.41, 5.74) is -1.19. The summed E-state index contributed by atoms with van der Waals surface area (Å²) >= 11 is 0. The number of imide groups is 2. The third-order valence-corrected chi connectivity index (χ3v) is 3.87. The van der Waals surface area contributed by atoms with Crippen molar-refractivity contribution in [1.82, 2.24) is 10.2 Å². The second kappa shape index (κ2) is 4.59. The Bertz CT molecular complexity index is 426. The molecule has 0 aromatic rings. The topological polar surface area (TPSA) is 75.7 Å². The molecule has 0 aromatic carbocycles. The molecule has 1 N–H and O–H groups in total. The lowest BCUT2D eigenvalue weighted by molar-refractivity contribution is -0.145. The summed E-state index contributed by atoms with van der Waals surface area (Å²) < 4.78 is 5.03. The molecule has 2 rings (SSSR count). The maximum absolute atomic E-state index is 12.3. The maximum Gasteiger partial charge on any atom is 0.330 e. The second-order valence-corrected chi connectivity index (χ2v) is 6.14. The Balaban J connectivity index is 2.09. The number of hydrogen-bond donors (Lipinski definition) is 1. The zero-order valence-electron chi connectivity index (χ0n) is 11.6. The van der Waals surface area contributed by atoms with Gasteiger partial charge in [-0.1, -0.05) is 13.8 Å². The predicted octanol–water partition coefficient (Wildman–Crippen LogP) is 0.908. The molecular weight excluding hydrogens is 248 g/mol. The average molecular weight is 268 g/mol. The first kappa shape index (κ1) is 14.0. The molecule has 4 amide bonds. The molecule has 0 aromatic heterocycles. The molecule has 0 bridgehead atoms. The number of barbiturate groups is 1. The van der Waals surface area contributed by atoms with Gasteiger partial charge in [0.05, 0.1) is 0 Å². The Morgan fingerprint density at radius 2 is 1.95 bits per heavy atom. The SMILES string of the molecule is COCCC(C)(C)CN1C(=O)NC(=O)C2(CC2)C1=O. The molecule has 2 fully saturated rings. The van der Waals surface area contributed by atoms with E-state index in [1.165, 1.54) is 4.90 Å². The number of carbonyl (C=O) groups is 3. The van der Waals surface area contributed by atoms with Gasteiger partial charge >= 0.3 is 6.03 Å². The fourth-order valence-corrected chi connectivity index (χ4v) is 2.33. The van der Waals surface area contributed by atoms with E-state index in [4.69, 9.17) is 4.74 Å². The lowest BCUT2D eigenvalue weighted by atomic mass is 9.88. The molecular formula is C13H20N2O4. The number of rotatable bonds is 5. The number of nitrogens with one attached hydrogen (secondary N) is 1. The molecule has 1 spiro atoms. The number of carbonyl (C=O) groups excluding carboxylic acids is 3. The number of urea groups is 1. The van der Waals surface area contributed by atoms with E-state index in [0.717, 1.165) is 6.42 Å². The van der Waals surface area contributed by atoms with E-state index in [0.29, 0.717) is 26.0 Å². The van der Waals surface area contributed by atoms with Crippen molar-refractivity contribution in [3.05, 3.63) is 0 Å². The van der Waals surface area contributed by atoms with E-state index < -0.39 is 17.4 Å². The van der Waals surface area contributed by atoms with E-state index in [9.17, 15) is 14.4 Å². The van der Waals surface area contributed by atoms with Crippen molar-refractivity contribution in [1.29, 1.82) is 0 Å². The standard InChI is InChI=1S/C13H20N2O4/c1-12(2,6-7-19-3)8-15-10(17)13(4-5-13)9(16)14-11(15)18/h4-8H2,1-3H3,(H,14,16,18). The van der Waals surface area contributed by atoms with Crippen LogP contribution in [0.1, 0.15) is 33.1 Å². The lowest BCUT2D eigenvalue weighted by Crippen LogP contribution is -2.60. The minimum Gasteiger partial charge on any atom is -0.385 e.